The zero-order valence-electron chi connectivity index (χ0n) is 14.7. The number of nitrogens with zero attached hydrogens (tertiary/aromatic N) is 1. The van der Waals surface area contributed by atoms with E-state index in [0.717, 1.165) is 10.4 Å². The maximum absolute atomic E-state index is 13.6. The molecule has 2 N–H and O–H groups in total. The van der Waals surface area contributed by atoms with Crippen molar-refractivity contribution in [1.29, 1.82) is 0 Å². The average Bonchev–Trinajstić information content (AvgIpc) is 3.10. The minimum atomic E-state index is -0.360. The van der Waals surface area contributed by atoms with Crippen molar-refractivity contribution in [2.45, 2.75) is 13.3 Å². The topological polar surface area (TPSA) is 71.1 Å². The fraction of sp³-hybridized carbons (Fsp3) is 0.150. The van der Waals surface area contributed by atoms with Crippen LogP contribution in [0.2, 0.25) is 0 Å². The minimum absolute atomic E-state index is 0.147. The largest absolute Gasteiger partial charge is 0.343 e. The number of anilines is 1. The first-order valence-corrected chi connectivity index (χ1v) is 9.16. The Morgan fingerprint density at radius 1 is 1.15 bits per heavy atom. The van der Waals surface area contributed by atoms with Gasteiger partial charge in [-0.2, -0.15) is 0 Å². The van der Waals surface area contributed by atoms with Gasteiger partial charge in [0.25, 0.3) is 5.91 Å². The highest BCUT2D eigenvalue weighted by Gasteiger charge is 2.10. The predicted octanol–water partition coefficient (Wildman–Crippen LogP) is 3.55. The Morgan fingerprint density at radius 3 is 2.67 bits per heavy atom. The maximum atomic E-state index is 13.6. The second-order valence-corrected chi connectivity index (χ2v) is 7.10. The van der Waals surface area contributed by atoms with Gasteiger partial charge < -0.3 is 10.6 Å². The lowest BCUT2D eigenvalue weighted by molar-refractivity contribution is -0.115. The van der Waals surface area contributed by atoms with Gasteiger partial charge in [0.1, 0.15) is 5.82 Å². The molecule has 0 saturated carbocycles. The number of carbonyl (C=O) groups is 2. The van der Waals surface area contributed by atoms with E-state index in [1.165, 1.54) is 17.4 Å². The highest BCUT2D eigenvalue weighted by Crippen LogP contribution is 2.22. The molecule has 1 heterocycles. The quantitative estimate of drug-likeness (QED) is 0.684. The van der Waals surface area contributed by atoms with Crippen molar-refractivity contribution in [2.24, 2.45) is 0 Å². The second kappa shape index (κ2) is 8.55. The minimum Gasteiger partial charge on any atom is -0.343 e. The van der Waals surface area contributed by atoms with Gasteiger partial charge in [-0.05, 0) is 36.2 Å². The zero-order valence-corrected chi connectivity index (χ0v) is 15.5. The van der Waals surface area contributed by atoms with E-state index in [4.69, 9.17) is 0 Å². The molecule has 0 aliphatic rings. The number of benzene rings is 2. The molecule has 2 amide bonds. The van der Waals surface area contributed by atoms with Crippen molar-refractivity contribution >= 4 is 28.3 Å². The Bertz CT molecular complexity index is 957. The SMILES string of the molecule is Cc1ccc(Cc2cnc(NC(=O)CNC(=O)c3ccccc3)s2)cc1F. The average molecular weight is 383 g/mol. The van der Waals surface area contributed by atoms with Crippen LogP contribution in [0.5, 0.6) is 0 Å². The van der Waals surface area contributed by atoms with Gasteiger partial charge in [0.05, 0.1) is 6.54 Å². The van der Waals surface area contributed by atoms with Crippen molar-refractivity contribution < 1.29 is 14.0 Å². The third-order valence-electron chi connectivity index (χ3n) is 3.86. The Morgan fingerprint density at radius 2 is 1.93 bits per heavy atom. The van der Waals surface area contributed by atoms with Crippen molar-refractivity contribution in [3.8, 4) is 0 Å². The third-order valence-corrected chi connectivity index (χ3v) is 4.77. The molecule has 2 aromatic carbocycles. The lowest BCUT2D eigenvalue weighted by atomic mass is 10.1. The molecule has 0 spiro atoms. The van der Waals surface area contributed by atoms with Gasteiger partial charge in [-0.25, -0.2) is 9.37 Å². The van der Waals surface area contributed by atoms with Crippen LogP contribution < -0.4 is 10.6 Å². The molecule has 0 aliphatic heterocycles. The van der Waals surface area contributed by atoms with E-state index < -0.39 is 0 Å². The van der Waals surface area contributed by atoms with Gasteiger partial charge in [0, 0.05) is 23.1 Å². The lowest BCUT2D eigenvalue weighted by Crippen LogP contribution is -2.32. The Hall–Kier alpha value is -3.06. The first kappa shape index (κ1) is 18.7. The molecule has 138 valence electrons. The van der Waals surface area contributed by atoms with Crippen LogP contribution in [0.3, 0.4) is 0 Å². The number of hydrogen-bond acceptors (Lipinski definition) is 4. The summed E-state index contributed by atoms with van der Waals surface area (Å²) >= 11 is 1.32. The molecule has 0 bridgehead atoms. The Labute approximate surface area is 160 Å². The number of aryl methyl sites for hydroxylation is 1. The van der Waals surface area contributed by atoms with Gasteiger partial charge in [0.2, 0.25) is 5.91 Å². The van der Waals surface area contributed by atoms with E-state index in [0.29, 0.717) is 22.7 Å². The van der Waals surface area contributed by atoms with Crippen LogP contribution in [0.4, 0.5) is 9.52 Å². The van der Waals surface area contributed by atoms with Crippen LogP contribution in [0.1, 0.15) is 26.4 Å². The molecule has 0 fully saturated rings. The first-order valence-electron chi connectivity index (χ1n) is 8.34. The molecule has 0 radical (unpaired) electrons. The number of hydrogen-bond donors (Lipinski definition) is 2. The molecule has 1 aromatic heterocycles. The molecule has 5 nitrogen and oxygen atoms in total. The number of aromatic nitrogens is 1. The van der Waals surface area contributed by atoms with E-state index in [1.54, 1.807) is 43.5 Å². The molecule has 7 heteroatoms. The smallest absolute Gasteiger partial charge is 0.251 e. The molecular weight excluding hydrogens is 365 g/mol. The van der Waals surface area contributed by atoms with Crippen molar-refractivity contribution in [3.63, 3.8) is 0 Å². The van der Waals surface area contributed by atoms with Gasteiger partial charge >= 0.3 is 0 Å². The molecular formula is C20H18FN3O2S. The summed E-state index contributed by atoms with van der Waals surface area (Å²) < 4.78 is 13.6. The highest BCUT2D eigenvalue weighted by molar-refractivity contribution is 7.15. The molecule has 0 aliphatic carbocycles. The van der Waals surface area contributed by atoms with Crippen LogP contribution in [-0.4, -0.2) is 23.3 Å². The summed E-state index contributed by atoms with van der Waals surface area (Å²) in [6.45, 7) is 1.57. The number of carbonyl (C=O) groups excluding carboxylic acids is 2. The predicted molar refractivity (Wildman–Crippen MR) is 103 cm³/mol. The number of nitrogens with one attached hydrogen (secondary N) is 2. The van der Waals surface area contributed by atoms with Gasteiger partial charge in [-0.15, -0.1) is 11.3 Å². The van der Waals surface area contributed by atoms with Crippen molar-refractivity contribution in [2.75, 3.05) is 11.9 Å². The van der Waals surface area contributed by atoms with Crippen LogP contribution >= 0.6 is 11.3 Å². The highest BCUT2D eigenvalue weighted by atomic mass is 32.1. The van der Waals surface area contributed by atoms with Crippen LogP contribution in [0.25, 0.3) is 0 Å². The Balaban J connectivity index is 1.51. The normalized spacial score (nSPS) is 10.4. The van der Waals surface area contributed by atoms with E-state index in [1.807, 2.05) is 12.1 Å². The maximum Gasteiger partial charge on any atom is 0.251 e. The summed E-state index contributed by atoms with van der Waals surface area (Å²) in [6, 6.07) is 13.8. The molecule has 0 atom stereocenters. The number of halogens is 1. The second-order valence-electron chi connectivity index (χ2n) is 5.99. The molecule has 3 rings (SSSR count). The van der Waals surface area contributed by atoms with Gasteiger partial charge in [0.15, 0.2) is 5.13 Å². The van der Waals surface area contributed by atoms with Crippen molar-refractivity contribution in [1.82, 2.24) is 10.3 Å². The summed E-state index contributed by atoms with van der Waals surface area (Å²) in [5.41, 5.74) is 1.94. The molecule has 0 unspecified atom stereocenters. The van der Waals surface area contributed by atoms with Gasteiger partial charge in [-0.1, -0.05) is 30.3 Å². The fourth-order valence-electron chi connectivity index (χ4n) is 2.41. The number of amides is 2. The van der Waals surface area contributed by atoms with E-state index in [9.17, 15) is 14.0 Å². The summed E-state index contributed by atoms with van der Waals surface area (Å²) in [4.78, 5) is 29.0. The zero-order chi connectivity index (χ0) is 19.2. The van der Waals surface area contributed by atoms with E-state index in [-0.39, 0.29) is 24.2 Å². The van der Waals surface area contributed by atoms with Crippen LogP contribution in [0, 0.1) is 12.7 Å². The number of thiazole rings is 1. The fourth-order valence-corrected chi connectivity index (χ4v) is 3.27. The van der Waals surface area contributed by atoms with Crippen LogP contribution in [0.15, 0.2) is 54.7 Å². The monoisotopic (exact) mass is 383 g/mol. The summed E-state index contributed by atoms with van der Waals surface area (Å²) in [5, 5.41) is 5.66. The summed E-state index contributed by atoms with van der Waals surface area (Å²) in [5.74, 6) is -0.909. The first-order chi connectivity index (χ1) is 13.0. The van der Waals surface area contributed by atoms with Crippen molar-refractivity contribution in [3.05, 3.63) is 82.1 Å². The Kier molecular flexibility index (Phi) is 5.93. The molecule has 0 saturated heterocycles. The van der Waals surface area contributed by atoms with Gasteiger partial charge in [-0.3, -0.25) is 9.59 Å². The third kappa shape index (κ3) is 5.21. The van der Waals surface area contributed by atoms with E-state index >= 15 is 0 Å². The van der Waals surface area contributed by atoms with E-state index in [2.05, 4.69) is 15.6 Å². The lowest BCUT2D eigenvalue weighted by Gasteiger charge is -2.05. The standard InChI is InChI=1S/C20H18FN3O2S/c1-13-7-8-14(10-17(13)21)9-16-11-23-20(27-16)24-18(25)12-22-19(26)15-5-3-2-4-6-15/h2-8,10-11H,9,12H2,1H3,(H,22,26)(H,23,24,25). The van der Waals surface area contributed by atoms with Crippen LogP contribution in [-0.2, 0) is 11.2 Å². The number of rotatable bonds is 6. The molecule has 3 aromatic rings. The summed E-state index contributed by atoms with van der Waals surface area (Å²) in [7, 11) is 0. The summed E-state index contributed by atoms with van der Waals surface area (Å²) in [6.07, 6.45) is 2.19. The molecule has 27 heavy (non-hydrogen) atoms.